The zero-order chi connectivity index (χ0) is 21.2. The molecule has 31 heavy (non-hydrogen) atoms. The molecule has 0 unspecified atom stereocenters. The van der Waals surface area contributed by atoms with Crippen molar-refractivity contribution in [1.29, 1.82) is 0 Å². The van der Waals surface area contributed by atoms with Gasteiger partial charge in [0.05, 0.1) is 30.2 Å². The molecule has 3 aromatic rings. The number of aromatic nitrogens is 3. The zero-order valence-corrected chi connectivity index (χ0v) is 17.8. The van der Waals surface area contributed by atoms with Crippen LogP contribution in [0.4, 0.5) is 5.69 Å². The van der Waals surface area contributed by atoms with Crippen molar-refractivity contribution in [1.82, 2.24) is 14.8 Å². The van der Waals surface area contributed by atoms with Crippen LogP contribution in [-0.2, 0) is 16.1 Å². The molecule has 162 valence electrons. The summed E-state index contributed by atoms with van der Waals surface area (Å²) in [5.74, 6) is 2.86. The van der Waals surface area contributed by atoms with Crippen molar-refractivity contribution in [2.45, 2.75) is 37.6 Å². The Balaban J connectivity index is 1.29. The Kier molecular flexibility index (Phi) is 5.56. The van der Waals surface area contributed by atoms with Crippen LogP contribution in [0.1, 0.15) is 18.6 Å². The first-order valence-electron chi connectivity index (χ1n) is 10.1. The van der Waals surface area contributed by atoms with Crippen molar-refractivity contribution in [3.8, 4) is 22.9 Å². The van der Waals surface area contributed by atoms with E-state index in [1.54, 1.807) is 24.5 Å². The normalized spacial score (nSPS) is 17.3. The average Bonchev–Trinajstić information content (AvgIpc) is 3.55. The molecule has 2 aliphatic heterocycles. The number of benzene rings is 1. The molecule has 1 aromatic carbocycles. The third kappa shape index (κ3) is 4.26. The molecule has 5 rings (SSSR count). The Morgan fingerprint density at radius 1 is 1.26 bits per heavy atom. The van der Waals surface area contributed by atoms with Gasteiger partial charge in [0, 0.05) is 18.4 Å². The molecule has 4 heterocycles. The summed E-state index contributed by atoms with van der Waals surface area (Å²) in [6.07, 6.45) is 3.80. The molecule has 1 fully saturated rings. The number of nitrogens with one attached hydrogen (secondary N) is 1. The van der Waals surface area contributed by atoms with Gasteiger partial charge in [0.15, 0.2) is 22.5 Å². The Labute approximate surface area is 183 Å². The Hall–Kier alpha value is -2.98. The van der Waals surface area contributed by atoms with Gasteiger partial charge in [0.1, 0.15) is 5.76 Å². The third-order valence-electron chi connectivity index (χ3n) is 5.22. The van der Waals surface area contributed by atoms with Gasteiger partial charge in [-0.05, 0) is 38.0 Å². The second-order valence-corrected chi connectivity index (χ2v) is 8.29. The van der Waals surface area contributed by atoms with Crippen molar-refractivity contribution in [2.75, 3.05) is 24.5 Å². The molecule has 0 bridgehead atoms. The van der Waals surface area contributed by atoms with Gasteiger partial charge >= 0.3 is 0 Å². The first-order valence-corrected chi connectivity index (χ1v) is 11.1. The lowest BCUT2D eigenvalue weighted by molar-refractivity contribution is -0.113. The van der Waals surface area contributed by atoms with E-state index in [1.165, 1.54) is 11.8 Å². The van der Waals surface area contributed by atoms with Crippen LogP contribution in [0.15, 0.2) is 40.1 Å². The summed E-state index contributed by atoms with van der Waals surface area (Å²) in [5, 5.41) is 12.3. The monoisotopic (exact) mass is 442 g/mol. The molecule has 1 atom stereocenters. The van der Waals surface area contributed by atoms with E-state index >= 15 is 0 Å². The number of carbonyl (C=O) groups excluding carboxylic acids is 1. The number of nitrogens with zero attached hydrogens (tertiary/aromatic N) is 3. The minimum absolute atomic E-state index is 0.115. The van der Waals surface area contributed by atoms with E-state index in [2.05, 4.69) is 15.5 Å². The molecule has 0 radical (unpaired) electrons. The number of hydrogen-bond acceptors (Lipinski definition) is 8. The highest BCUT2D eigenvalue weighted by Gasteiger charge is 2.23. The number of carbonyl (C=O) groups is 1. The molecule has 9 nitrogen and oxygen atoms in total. The van der Waals surface area contributed by atoms with Gasteiger partial charge in [-0.2, -0.15) is 0 Å². The van der Waals surface area contributed by atoms with Gasteiger partial charge in [-0.15, -0.1) is 10.2 Å². The van der Waals surface area contributed by atoms with E-state index in [0.29, 0.717) is 28.9 Å². The van der Waals surface area contributed by atoms with Crippen molar-refractivity contribution in [3.05, 3.63) is 36.3 Å². The van der Waals surface area contributed by atoms with Crippen LogP contribution in [0.2, 0.25) is 0 Å². The fourth-order valence-corrected chi connectivity index (χ4v) is 4.42. The minimum atomic E-state index is -0.142. The number of furan rings is 1. The van der Waals surface area contributed by atoms with E-state index in [-0.39, 0.29) is 24.6 Å². The van der Waals surface area contributed by atoms with E-state index in [9.17, 15) is 4.79 Å². The lowest BCUT2D eigenvalue weighted by Crippen LogP contribution is -2.18. The van der Waals surface area contributed by atoms with Gasteiger partial charge < -0.3 is 23.9 Å². The minimum Gasteiger partial charge on any atom is -0.469 e. The number of rotatable bonds is 7. The van der Waals surface area contributed by atoms with Gasteiger partial charge in [-0.1, -0.05) is 11.8 Å². The Morgan fingerprint density at radius 2 is 2.16 bits per heavy atom. The molecule has 1 N–H and O–H groups in total. The second-order valence-electron chi connectivity index (χ2n) is 7.35. The van der Waals surface area contributed by atoms with E-state index in [1.807, 2.05) is 17.6 Å². The maximum Gasteiger partial charge on any atom is 0.234 e. The van der Waals surface area contributed by atoms with Crippen molar-refractivity contribution in [3.63, 3.8) is 0 Å². The lowest BCUT2D eigenvalue weighted by Gasteiger charge is -2.14. The first kappa shape index (κ1) is 20.0. The smallest absolute Gasteiger partial charge is 0.234 e. The number of fused-ring (bicyclic) bond motifs is 1. The number of anilines is 1. The van der Waals surface area contributed by atoms with Gasteiger partial charge in [0.25, 0.3) is 0 Å². The van der Waals surface area contributed by atoms with Crippen LogP contribution in [-0.4, -0.2) is 45.9 Å². The summed E-state index contributed by atoms with van der Waals surface area (Å²) in [5.41, 5.74) is 1.55. The molecule has 0 spiro atoms. The summed E-state index contributed by atoms with van der Waals surface area (Å²) in [7, 11) is 0. The van der Waals surface area contributed by atoms with E-state index in [0.717, 1.165) is 36.6 Å². The lowest BCUT2D eigenvalue weighted by atomic mass is 10.2. The number of thioether (sulfide) groups is 1. The number of hydrogen-bond donors (Lipinski definition) is 1. The summed E-state index contributed by atoms with van der Waals surface area (Å²) in [6.45, 7) is 3.50. The van der Waals surface area contributed by atoms with Crippen LogP contribution < -0.4 is 14.8 Å². The van der Waals surface area contributed by atoms with E-state index < -0.39 is 0 Å². The number of amides is 1. The number of aryl methyl sites for hydroxylation is 1. The summed E-state index contributed by atoms with van der Waals surface area (Å²) >= 11 is 1.34. The summed E-state index contributed by atoms with van der Waals surface area (Å²) < 4.78 is 23.9. The van der Waals surface area contributed by atoms with Crippen LogP contribution in [0.25, 0.3) is 11.4 Å². The molecular formula is C21H22N4O5S. The average molecular weight is 442 g/mol. The number of ether oxygens (including phenoxy) is 3. The van der Waals surface area contributed by atoms with Crippen molar-refractivity contribution in [2.24, 2.45) is 0 Å². The second kappa shape index (κ2) is 8.64. The molecule has 1 saturated heterocycles. The largest absolute Gasteiger partial charge is 0.469 e. The zero-order valence-electron chi connectivity index (χ0n) is 17.0. The van der Waals surface area contributed by atoms with Crippen LogP contribution in [0, 0.1) is 6.92 Å². The standard InChI is InChI=1S/C21H22N4O5S/c1-13-16(6-8-27-13)20-23-24-21(25(20)10-15-3-2-7-28-15)31-11-19(26)22-14-4-5-17-18(9-14)30-12-29-17/h4-6,8-9,15H,2-3,7,10-12H2,1H3,(H,22,26)/t15-/m1/s1. The SMILES string of the molecule is Cc1occc1-c1nnc(SCC(=O)Nc2ccc3c(c2)OCO3)n1C[C@H]1CCCO1. The highest BCUT2D eigenvalue weighted by atomic mass is 32.2. The fourth-order valence-electron chi connectivity index (χ4n) is 3.67. The predicted molar refractivity (Wildman–Crippen MR) is 113 cm³/mol. The van der Waals surface area contributed by atoms with Crippen molar-refractivity contribution >= 4 is 23.4 Å². The van der Waals surface area contributed by atoms with Crippen LogP contribution in [0.3, 0.4) is 0 Å². The van der Waals surface area contributed by atoms with Crippen LogP contribution in [0.5, 0.6) is 11.5 Å². The first-order chi connectivity index (χ1) is 15.2. The molecule has 2 aromatic heterocycles. The van der Waals surface area contributed by atoms with Gasteiger partial charge in [-0.25, -0.2) is 0 Å². The molecule has 10 heteroatoms. The molecule has 0 saturated carbocycles. The molecule has 0 aliphatic carbocycles. The summed E-state index contributed by atoms with van der Waals surface area (Å²) in [6, 6.07) is 7.20. The highest BCUT2D eigenvalue weighted by molar-refractivity contribution is 7.99. The van der Waals surface area contributed by atoms with E-state index in [4.69, 9.17) is 18.6 Å². The maximum absolute atomic E-state index is 12.5. The Morgan fingerprint density at radius 3 is 2.97 bits per heavy atom. The topological polar surface area (TPSA) is 101 Å². The van der Waals surface area contributed by atoms with Gasteiger partial charge in [-0.3, -0.25) is 9.36 Å². The maximum atomic E-state index is 12.5. The third-order valence-corrected chi connectivity index (χ3v) is 6.18. The predicted octanol–water partition coefficient (Wildman–Crippen LogP) is 3.49. The molecule has 1 amide bonds. The Bertz CT molecular complexity index is 1090. The highest BCUT2D eigenvalue weighted by Crippen LogP contribution is 2.34. The quantitative estimate of drug-likeness (QED) is 0.555. The summed E-state index contributed by atoms with van der Waals surface area (Å²) in [4.78, 5) is 12.5. The van der Waals surface area contributed by atoms with Crippen LogP contribution >= 0.6 is 11.8 Å². The fraction of sp³-hybridized carbons (Fsp3) is 0.381. The van der Waals surface area contributed by atoms with Crippen molar-refractivity contribution < 1.29 is 23.4 Å². The molecular weight excluding hydrogens is 420 g/mol. The van der Waals surface area contributed by atoms with Gasteiger partial charge in [0.2, 0.25) is 12.7 Å². The molecule has 2 aliphatic rings.